The number of hydrogen-bond acceptors (Lipinski definition) is 3. The predicted molar refractivity (Wildman–Crippen MR) is 71.7 cm³/mol. The summed E-state index contributed by atoms with van der Waals surface area (Å²) in [6, 6.07) is 2.51. The van der Waals surface area contributed by atoms with E-state index in [1.54, 1.807) is 0 Å². The van der Waals surface area contributed by atoms with E-state index in [9.17, 15) is 5.26 Å². The van der Waals surface area contributed by atoms with Crippen LogP contribution < -0.4 is 5.32 Å². The molecule has 3 heteroatoms. The summed E-state index contributed by atoms with van der Waals surface area (Å²) in [7, 11) is 0. The molecule has 1 heterocycles. The van der Waals surface area contributed by atoms with E-state index < -0.39 is 0 Å². The first kappa shape index (κ1) is 14.5. The number of likely N-dealkylation sites (tertiary alicyclic amines) is 1. The molecule has 0 spiro atoms. The van der Waals surface area contributed by atoms with E-state index in [-0.39, 0.29) is 5.54 Å². The highest BCUT2D eigenvalue weighted by atomic mass is 15.2. The molecule has 0 atom stereocenters. The van der Waals surface area contributed by atoms with Crippen LogP contribution >= 0.6 is 0 Å². The number of hydrogen-bond donors (Lipinski definition) is 1. The van der Waals surface area contributed by atoms with E-state index >= 15 is 0 Å². The molecule has 1 N–H and O–H groups in total. The van der Waals surface area contributed by atoms with Gasteiger partial charge in [0.2, 0.25) is 0 Å². The summed E-state index contributed by atoms with van der Waals surface area (Å²) in [5, 5.41) is 12.9. The van der Waals surface area contributed by atoms with Gasteiger partial charge in [0.05, 0.1) is 6.07 Å². The van der Waals surface area contributed by atoms with Gasteiger partial charge in [0, 0.05) is 19.6 Å². The second-order valence-corrected chi connectivity index (χ2v) is 6.16. The van der Waals surface area contributed by atoms with Crippen LogP contribution in [-0.2, 0) is 0 Å². The van der Waals surface area contributed by atoms with Crippen LogP contribution in [0.25, 0.3) is 0 Å². The number of rotatable bonds is 5. The third-order valence-electron chi connectivity index (χ3n) is 3.40. The Morgan fingerprint density at radius 1 is 1.18 bits per heavy atom. The van der Waals surface area contributed by atoms with E-state index in [1.807, 2.05) is 0 Å². The van der Waals surface area contributed by atoms with Gasteiger partial charge in [-0.2, -0.15) is 5.26 Å². The molecule has 1 fully saturated rings. The van der Waals surface area contributed by atoms with Crippen molar-refractivity contribution in [3.05, 3.63) is 0 Å². The Kier molecular flexibility index (Phi) is 5.42. The topological polar surface area (TPSA) is 39.1 Å². The fourth-order valence-electron chi connectivity index (χ4n) is 2.36. The first-order chi connectivity index (χ1) is 7.97. The molecule has 0 aromatic rings. The van der Waals surface area contributed by atoms with E-state index in [0.717, 1.165) is 39.0 Å². The Morgan fingerprint density at radius 2 is 1.76 bits per heavy atom. The summed E-state index contributed by atoms with van der Waals surface area (Å²) in [5.41, 5.74) is -0.266. The van der Waals surface area contributed by atoms with Crippen molar-refractivity contribution in [1.82, 2.24) is 10.2 Å². The summed E-state index contributed by atoms with van der Waals surface area (Å²) in [4.78, 5) is 2.48. The SMILES string of the molecule is CC(C)CNC1(C#N)CCN(CC(C)C)CC1. The summed E-state index contributed by atoms with van der Waals surface area (Å²) in [6.07, 6.45) is 1.92. The highest BCUT2D eigenvalue weighted by Crippen LogP contribution is 2.22. The lowest BCUT2D eigenvalue weighted by Crippen LogP contribution is -2.53. The van der Waals surface area contributed by atoms with Gasteiger partial charge in [-0.15, -0.1) is 0 Å². The first-order valence-electron chi connectivity index (χ1n) is 6.86. The molecule has 0 unspecified atom stereocenters. The van der Waals surface area contributed by atoms with Crippen molar-refractivity contribution in [2.45, 2.75) is 46.1 Å². The Balaban J connectivity index is 2.43. The van der Waals surface area contributed by atoms with Crippen molar-refractivity contribution in [2.24, 2.45) is 11.8 Å². The molecule has 1 aliphatic rings. The molecule has 3 nitrogen and oxygen atoms in total. The van der Waals surface area contributed by atoms with Crippen molar-refractivity contribution in [1.29, 1.82) is 5.26 Å². The second-order valence-electron chi connectivity index (χ2n) is 6.16. The van der Waals surface area contributed by atoms with E-state index in [2.05, 4.69) is 44.0 Å². The van der Waals surface area contributed by atoms with Crippen molar-refractivity contribution in [3.63, 3.8) is 0 Å². The van der Waals surface area contributed by atoms with E-state index in [0.29, 0.717) is 11.8 Å². The summed E-state index contributed by atoms with van der Waals surface area (Å²) in [6.45, 7) is 13.1. The quantitative estimate of drug-likeness (QED) is 0.797. The molecule has 1 aliphatic heterocycles. The highest BCUT2D eigenvalue weighted by Gasteiger charge is 2.34. The van der Waals surface area contributed by atoms with Crippen molar-refractivity contribution < 1.29 is 0 Å². The smallest absolute Gasteiger partial charge is 0.109 e. The number of nitriles is 1. The maximum atomic E-state index is 9.39. The summed E-state index contributed by atoms with van der Waals surface area (Å²) < 4.78 is 0. The van der Waals surface area contributed by atoms with Crippen LogP contribution in [0.1, 0.15) is 40.5 Å². The normalized spacial score (nSPS) is 20.8. The molecule has 0 aliphatic carbocycles. The number of nitrogens with zero attached hydrogens (tertiary/aromatic N) is 2. The fourth-order valence-corrected chi connectivity index (χ4v) is 2.36. The monoisotopic (exact) mass is 237 g/mol. The second kappa shape index (κ2) is 6.37. The van der Waals surface area contributed by atoms with Gasteiger partial charge in [-0.3, -0.25) is 5.32 Å². The average Bonchev–Trinajstić information content (AvgIpc) is 2.28. The molecule has 0 saturated carbocycles. The Hall–Kier alpha value is -0.590. The summed E-state index contributed by atoms with van der Waals surface area (Å²) in [5.74, 6) is 1.32. The lowest BCUT2D eigenvalue weighted by Gasteiger charge is -2.38. The minimum Gasteiger partial charge on any atom is -0.303 e. The van der Waals surface area contributed by atoms with Gasteiger partial charge < -0.3 is 4.90 Å². The van der Waals surface area contributed by atoms with Crippen molar-refractivity contribution >= 4 is 0 Å². The maximum Gasteiger partial charge on any atom is 0.109 e. The Bertz CT molecular complexity index is 257. The lowest BCUT2D eigenvalue weighted by atomic mass is 9.88. The third kappa shape index (κ3) is 4.65. The predicted octanol–water partition coefficient (Wildman–Crippen LogP) is 2.25. The van der Waals surface area contributed by atoms with Gasteiger partial charge in [0.25, 0.3) is 0 Å². The van der Waals surface area contributed by atoms with Crippen LogP contribution in [0.4, 0.5) is 0 Å². The van der Waals surface area contributed by atoms with Crippen molar-refractivity contribution in [3.8, 4) is 6.07 Å². The average molecular weight is 237 g/mol. The standard InChI is InChI=1S/C14H27N3/c1-12(2)9-16-14(11-15)5-7-17(8-6-14)10-13(3)4/h12-13,16H,5-10H2,1-4H3. The fraction of sp³-hybridized carbons (Fsp3) is 0.929. The number of nitrogens with one attached hydrogen (secondary N) is 1. The molecule has 17 heavy (non-hydrogen) atoms. The van der Waals surface area contributed by atoms with Gasteiger partial charge in [0.15, 0.2) is 0 Å². The van der Waals surface area contributed by atoms with E-state index in [4.69, 9.17) is 0 Å². The maximum absolute atomic E-state index is 9.39. The summed E-state index contributed by atoms with van der Waals surface area (Å²) >= 11 is 0. The molecule has 98 valence electrons. The van der Waals surface area contributed by atoms with Crippen LogP contribution in [0.3, 0.4) is 0 Å². The van der Waals surface area contributed by atoms with E-state index in [1.165, 1.54) is 0 Å². The first-order valence-corrected chi connectivity index (χ1v) is 6.86. The Morgan fingerprint density at radius 3 is 2.18 bits per heavy atom. The Labute approximate surface area is 106 Å². The van der Waals surface area contributed by atoms with Crippen LogP contribution in [0, 0.1) is 23.2 Å². The molecule has 1 saturated heterocycles. The molecule has 0 bridgehead atoms. The van der Waals surface area contributed by atoms with Crippen LogP contribution in [0.2, 0.25) is 0 Å². The number of piperidine rings is 1. The minimum atomic E-state index is -0.266. The van der Waals surface area contributed by atoms with Crippen LogP contribution in [0.5, 0.6) is 0 Å². The van der Waals surface area contributed by atoms with Gasteiger partial charge in [-0.25, -0.2) is 0 Å². The minimum absolute atomic E-state index is 0.266. The zero-order valence-corrected chi connectivity index (χ0v) is 11.8. The largest absolute Gasteiger partial charge is 0.303 e. The third-order valence-corrected chi connectivity index (χ3v) is 3.40. The van der Waals surface area contributed by atoms with Crippen LogP contribution in [-0.4, -0.2) is 36.6 Å². The molecule has 0 aromatic carbocycles. The van der Waals surface area contributed by atoms with Gasteiger partial charge in [-0.05, 0) is 31.2 Å². The lowest BCUT2D eigenvalue weighted by molar-refractivity contribution is 0.151. The highest BCUT2D eigenvalue weighted by molar-refractivity contribution is 5.09. The van der Waals surface area contributed by atoms with Gasteiger partial charge in [-0.1, -0.05) is 27.7 Å². The molecule has 0 amide bonds. The zero-order chi connectivity index (χ0) is 12.9. The van der Waals surface area contributed by atoms with Gasteiger partial charge in [0.1, 0.15) is 5.54 Å². The van der Waals surface area contributed by atoms with Crippen molar-refractivity contribution in [2.75, 3.05) is 26.2 Å². The van der Waals surface area contributed by atoms with Gasteiger partial charge >= 0.3 is 0 Å². The van der Waals surface area contributed by atoms with Crippen LogP contribution in [0.15, 0.2) is 0 Å². The molecule has 0 radical (unpaired) electrons. The molecule has 1 rings (SSSR count). The molecule has 0 aromatic heterocycles. The zero-order valence-electron chi connectivity index (χ0n) is 11.8. The molecular weight excluding hydrogens is 210 g/mol. The molecular formula is C14H27N3.